The summed E-state index contributed by atoms with van der Waals surface area (Å²) < 4.78 is 0. The van der Waals surface area contributed by atoms with Crippen LogP contribution in [0.5, 0.6) is 0 Å². The third-order valence-corrected chi connectivity index (χ3v) is 4.46. The summed E-state index contributed by atoms with van der Waals surface area (Å²) in [5.41, 5.74) is 0.748. The number of thiazole rings is 1. The Labute approximate surface area is 134 Å². The van der Waals surface area contributed by atoms with Crippen molar-refractivity contribution in [1.82, 2.24) is 10.3 Å². The number of nitrogens with zero attached hydrogens (tertiary/aromatic N) is 1. The van der Waals surface area contributed by atoms with Gasteiger partial charge in [-0.05, 0) is 36.1 Å². The van der Waals surface area contributed by atoms with E-state index in [-0.39, 0.29) is 5.91 Å². The van der Waals surface area contributed by atoms with Crippen molar-refractivity contribution in [1.29, 1.82) is 0 Å². The van der Waals surface area contributed by atoms with E-state index in [1.165, 1.54) is 5.01 Å². The number of carbonyl (C=O) groups is 1. The molecule has 0 bridgehead atoms. The molecule has 0 aliphatic carbocycles. The Morgan fingerprint density at radius 2 is 1.95 bits per heavy atom. The molecule has 0 atom stereocenters. The third kappa shape index (κ3) is 3.52. The standard InChI is InChI=1S/C18H18N2OS/c21-18(20-11-4-3-10-17-19-12-13-22-17)16-9-5-7-14-6-1-2-8-15(14)16/h1-2,5-9,12-13H,3-4,10-11H2,(H,20,21). The van der Waals surface area contributed by atoms with Gasteiger partial charge in [0.1, 0.15) is 0 Å². The lowest BCUT2D eigenvalue weighted by atomic mass is 10.0. The Kier molecular flexibility index (Phi) is 4.81. The second kappa shape index (κ2) is 7.18. The fraction of sp³-hybridized carbons (Fsp3) is 0.222. The van der Waals surface area contributed by atoms with Crippen LogP contribution in [0.2, 0.25) is 0 Å². The number of rotatable bonds is 6. The Morgan fingerprint density at radius 3 is 2.82 bits per heavy atom. The molecule has 0 fully saturated rings. The van der Waals surface area contributed by atoms with E-state index in [4.69, 9.17) is 0 Å². The molecule has 0 aliphatic heterocycles. The lowest BCUT2D eigenvalue weighted by Gasteiger charge is -2.08. The molecule has 0 unspecified atom stereocenters. The van der Waals surface area contributed by atoms with Crippen LogP contribution >= 0.6 is 11.3 Å². The molecule has 0 saturated heterocycles. The third-order valence-electron chi connectivity index (χ3n) is 3.62. The molecule has 3 aromatic rings. The van der Waals surface area contributed by atoms with E-state index in [9.17, 15) is 4.79 Å². The zero-order chi connectivity index (χ0) is 15.2. The molecule has 1 amide bonds. The highest BCUT2D eigenvalue weighted by molar-refractivity contribution is 7.09. The molecule has 22 heavy (non-hydrogen) atoms. The first-order valence-electron chi connectivity index (χ1n) is 7.49. The van der Waals surface area contributed by atoms with Gasteiger partial charge in [-0.25, -0.2) is 4.98 Å². The summed E-state index contributed by atoms with van der Waals surface area (Å²) >= 11 is 1.69. The highest BCUT2D eigenvalue weighted by atomic mass is 32.1. The van der Waals surface area contributed by atoms with Gasteiger partial charge in [-0.2, -0.15) is 0 Å². The van der Waals surface area contributed by atoms with Crippen LogP contribution in [0.3, 0.4) is 0 Å². The van der Waals surface area contributed by atoms with Gasteiger partial charge in [0.2, 0.25) is 0 Å². The van der Waals surface area contributed by atoms with Crippen molar-refractivity contribution in [3.8, 4) is 0 Å². The average molecular weight is 310 g/mol. The van der Waals surface area contributed by atoms with Gasteiger partial charge < -0.3 is 5.32 Å². The highest BCUT2D eigenvalue weighted by Gasteiger charge is 2.08. The normalized spacial score (nSPS) is 10.7. The zero-order valence-electron chi connectivity index (χ0n) is 12.3. The summed E-state index contributed by atoms with van der Waals surface area (Å²) in [4.78, 5) is 16.6. The molecule has 1 N–H and O–H groups in total. The van der Waals surface area contributed by atoms with Gasteiger partial charge in [0.15, 0.2) is 0 Å². The molecule has 0 saturated carbocycles. The highest BCUT2D eigenvalue weighted by Crippen LogP contribution is 2.18. The van der Waals surface area contributed by atoms with Crippen molar-refractivity contribution in [2.24, 2.45) is 0 Å². The number of benzene rings is 2. The number of hydrogen-bond acceptors (Lipinski definition) is 3. The molecule has 3 nitrogen and oxygen atoms in total. The van der Waals surface area contributed by atoms with E-state index in [0.717, 1.165) is 35.6 Å². The first kappa shape index (κ1) is 14.7. The zero-order valence-corrected chi connectivity index (χ0v) is 13.1. The summed E-state index contributed by atoms with van der Waals surface area (Å²) in [5, 5.41) is 8.28. The van der Waals surface area contributed by atoms with Crippen LogP contribution in [0.15, 0.2) is 54.0 Å². The van der Waals surface area contributed by atoms with Crippen molar-refractivity contribution in [3.05, 3.63) is 64.6 Å². The quantitative estimate of drug-likeness (QED) is 0.698. The average Bonchev–Trinajstić information content (AvgIpc) is 3.07. The van der Waals surface area contributed by atoms with Gasteiger partial charge in [-0.1, -0.05) is 36.4 Å². The lowest BCUT2D eigenvalue weighted by molar-refractivity contribution is 0.0954. The van der Waals surface area contributed by atoms with Crippen LogP contribution in [0.4, 0.5) is 0 Å². The van der Waals surface area contributed by atoms with Crippen molar-refractivity contribution in [3.63, 3.8) is 0 Å². The van der Waals surface area contributed by atoms with Gasteiger partial charge in [0.25, 0.3) is 5.91 Å². The van der Waals surface area contributed by atoms with Crippen molar-refractivity contribution >= 4 is 28.0 Å². The number of amides is 1. The van der Waals surface area contributed by atoms with E-state index in [2.05, 4.69) is 10.3 Å². The largest absolute Gasteiger partial charge is 0.352 e. The molecular formula is C18H18N2OS. The number of aryl methyl sites for hydroxylation is 1. The van der Waals surface area contributed by atoms with Crippen LogP contribution in [0.1, 0.15) is 28.2 Å². The maximum absolute atomic E-state index is 12.3. The van der Waals surface area contributed by atoms with Crippen molar-refractivity contribution in [2.45, 2.75) is 19.3 Å². The molecule has 4 heteroatoms. The van der Waals surface area contributed by atoms with Gasteiger partial charge in [-0.3, -0.25) is 4.79 Å². The monoisotopic (exact) mass is 310 g/mol. The summed E-state index contributed by atoms with van der Waals surface area (Å²) in [6, 6.07) is 13.8. The number of unbranched alkanes of at least 4 members (excludes halogenated alkanes) is 1. The SMILES string of the molecule is O=C(NCCCCc1nccs1)c1cccc2ccccc12. The maximum Gasteiger partial charge on any atom is 0.251 e. The van der Waals surface area contributed by atoms with Crippen LogP contribution in [0.25, 0.3) is 10.8 Å². The predicted molar refractivity (Wildman–Crippen MR) is 91.3 cm³/mol. The van der Waals surface area contributed by atoms with Crippen molar-refractivity contribution < 1.29 is 4.79 Å². The Morgan fingerprint density at radius 1 is 1.09 bits per heavy atom. The molecule has 3 rings (SSSR count). The van der Waals surface area contributed by atoms with Gasteiger partial charge in [0.05, 0.1) is 5.01 Å². The molecule has 1 heterocycles. The number of aromatic nitrogens is 1. The van der Waals surface area contributed by atoms with E-state index in [0.29, 0.717) is 6.54 Å². The van der Waals surface area contributed by atoms with Gasteiger partial charge >= 0.3 is 0 Å². The number of fused-ring (bicyclic) bond motifs is 1. The van der Waals surface area contributed by atoms with Crippen LogP contribution < -0.4 is 5.32 Å². The van der Waals surface area contributed by atoms with Crippen LogP contribution in [0, 0.1) is 0 Å². The Bertz CT molecular complexity index is 747. The van der Waals surface area contributed by atoms with Gasteiger partial charge in [-0.15, -0.1) is 11.3 Å². The minimum atomic E-state index is 0.00560. The molecule has 0 radical (unpaired) electrons. The Balaban J connectivity index is 1.53. The smallest absolute Gasteiger partial charge is 0.251 e. The molecule has 2 aromatic carbocycles. The maximum atomic E-state index is 12.3. The second-order valence-electron chi connectivity index (χ2n) is 5.17. The number of hydrogen-bond donors (Lipinski definition) is 1. The number of carbonyl (C=O) groups excluding carboxylic acids is 1. The topological polar surface area (TPSA) is 42.0 Å². The molecule has 0 spiro atoms. The fourth-order valence-electron chi connectivity index (χ4n) is 2.50. The minimum Gasteiger partial charge on any atom is -0.352 e. The minimum absolute atomic E-state index is 0.00560. The van der Waals surface area contributed by atoms with E-state index in [1.807, 2.05) is 54.0 Å². The second-order valence-corrected chi connectivity index (χ2v) is 6.14. The molecule has 112 valence electrons. The van der Waals surface area contributed by atoms with E-state index in [1.54, 1.807) is 11.3 Å². The van der Waals surface area contributed by atoms with Crippen LogP contribution in [-0.4, -0.2) is 17.4 Å². The van der Waals surface area contributed by atoms with E-state index >= 15 is 0 Å². The summed E-state index contributed by atoms with van der Waals surface area (Å²) in [7, 11) is 0. The van der Waals surface area contributed by atoms with E-state index < -0.39 is 0 Å². The summed E-state index contributed by atoms with van der Waals surface area (Å²) in [5.74, 6) is 0.00560. The Hall–Kier alpha value is -2.20. The fourth-order valence-corrected chi connectivity index (χ4v) is 3.16. The molecule has 0 aliphatic rings. The van der Waals surface area contributed by atoms with Crippen LogP contribution in [-0.2, 0) is 6.42 Å². The number of nitrogens with one attached hydrogen (secondary N) is 1. The molecular weight excluding hydrogens is 292 g/mol. The summed E-state index contributed by atoms with van der Waals surface area (Å²) in [6.45, 7) is 0.702. The first-order chi connectivity index (χ1) is 10.8. The lowest BCUT2D eigenvalue weighted by Crippen LogP contribution is -2.24. The summed E-state index contributed by atoms with van der Waals surface area (Å²) in [6.07, 6.45) is 4.84. The van der Waals surface area contributed by atoms with Crippen molar-refractivity contribution in [2.75, 3.05) is 6.54 Å². The van der Waals surface area contributed by atoms with Gasteiger partial charge in [0, 0.05) is 23.7 Å². The predicted octanol–water partition coefficient (Wildman–Crippen LogP) is 4.05. The first-order valence-corrected chi connectivity index (χ1v) is 8.37. The molecule has 1 aromatic heterocycles.